The smallest absolute Gasteiger partial charge is 0.318 e. The van der Waals surface area contributed by atoms with E-state index >= 15 is 0 Å². The zero-order valence-electron chi connectivity index (χ0n) is 14.3. The Kier molecular flexibility index (Phi) is 5.47. The van der Waals surface area contributed by atoms with Crippen LogP contribution in [0.3, 0.4) is 0 Å². The maximum Gasteiger partial charge on any atom is 0.329 e. The first-order chi connectivity index (χ1) is 11.4. The molecule has 0 aliphatic carbocycles. The monoisotopic (exact) mass is 323 g/mol. The summed E-state index contributed by atoms with van der Waals surface area (Å²) in [5, 5.41) is 6.39. The van der Waals surface area contributed by atoms with Crippen molar-refractivity contribution in [2.24, 2.45) is 5.10 Å². The number of amides is 2. The average Bonchev–Trinajstić information content (AvgIpc) is 2.58. The zero-order chi connectivity index (χ0) is 17.7. The van der Waals surface area contributed by atoms with E-state index in [-0.39, 0.29) is 0 Å². The third kappa shape index (κ3) is 4.07. The van der Waals surface area contributed by atoms with E-state index < -0.39 is 11.8 Å². The topological polar surface area (TPSA) is 70.6 Å². The van der Waals surface area contributed by atoms with Crippen LogP contribution in [0.15, 0.2) is 41.5 Å². The van der Waals surface area contributed by atoms with Crippen LogP contribution in [0.25, 0.3) is 0 Å². The molecule has 2 rings (SSSR count). The Morgan fingerprint density at radius 1 is 0.917 bits per heavy atom. The molecule has 5 heteroatoms. The molecule has 2 aromatic rings. The van der Waals surface area contributed by atoms with Gasteiger partial charge in [0.05, 0.1) is 6.21 Å². The van der Waals surface area contributed by atoms with Gasteiger partial charge in [-0.15, -0.1) is 0 Å². The predicted octanol–water partition coefficient (Wildman–Crippen LogP) is 3.01. The van der Waals surface area contributed by atoms with Gasteiger partial charge in [0.25, 0.3) is 0 Å². The number of hydrazone groups is 1. The Hall–Kier alpha value is -2.95. The Morgan fingerprint density at radius 2 is 1.58 bits per heavy atom. The fourth-order valence-corrected chi connectivity index (χ4v) is 2.30. The maximum atomic E-state index is 11.8. The van der Waals surface area contributed by atoms with Crippen molar-refractivity contribution in [3.05, 3.63) is 64.2 Å². The van der Waals surface area contributed by atoms with Crippen LogP contribution in [-0.4, -0.2) is 18.0 Å². The first kappa shape index (κ1) is 17.4. The number of benzene rings is 2. The van der Waals surface area contributed by atoms with Crippen LogP contribution in [0.1, 0.15) is 27.8 Å². The highest BCUT2D eigenvalue weighted by atomic mass is 16.2. The summed E-state index contributed by atoms with van der Waals surface area (Å²) in [4.78, 5) is 23.6. The number of hydrogen-bond donors (Lipinski definition) is 2. The van der Waals surface area contributed by atoms with Crippen molar-refractivity contribution < 1.29 is 9.59 Å². The lowest BCUT2D eigenvalue weighted by Crippen LogP contribution is -2.32. The van der Waals surface area contributed by atoms with Crippen LogP contribution in [0.4, 0.5) is 5.69 Å². The molecule has 0 spiro atoms. The van der Waals surface area contributed by atoms with E-state index in [1.54, 1.807) is 30.5 Å². The van der Waals surface area contributed by atoms with Crippen molar-refractivity contribution in [2.75, 3.05) is 5.32 Å². The van der Waals surface area contributed by atoms with Gasteiger partial charge in [0, 0.05) is 5.69 Å². The first-order valence-corrected chi connectivity index (χ1v) is 7.67. The number of hydrogen-bond acceptors (Lipinski definition) is 3. The van der Waals surface area contributed by atoms with Crippen molar-refractivity contribution in [3.8, 4) is 0 Å². The molecule has 2 amide bonds. The molecule has 0 saturated heterocycles. The highest BCUT2D eigenvalue weighted by molar-refractivity contribution is 6.39. The van der Waals surface area contributed by atoms with E-state index in [9.17, 15) is 9.59 Å². The Labute approximate surface area is 141 Å². The average molecular weight is 323 g/mol. The van der Waals surface area contributed by atoms with Gasteiger partial charge in [-0.3, -0.25) is 9.59 Å². The lowest BCUT2D eigenvalue weighted by atomic mass is 9.95. The molecular formula is C19H21N3O2. The van der Waals surface area contributed by atoms with Crippen LogP contribution in [0, 0.1) is 27.7 Å². The molecule has 5 nitrogen and oxygen atoms in total. The molecule has 0 aromatic heterocycles. The molecule has 0 saturated carbocycles. The largest absolute Gasteiger partial charge is 0.329 e. The van der Waals surface area contributed by atoms with E-state index in [1.165, 1.54) is 11.1 Å². The summed E-state index contributed by atoms with van der Waals surface area (Å²) >= 11 is 0. The minimum atomic E-state index is -0.812. The van der Waals surface area contributed by atoms with Crippen LogP contribution in [0.5, 0.6) is 0 Å². The minimum absolute atomic E-state index is 0.558. The van der Waals surface area contributed by atoms with Crippen molar-refractivity contribution in [1.82, 2.24) is 5.43 Å². The molecule has 0 aliphatic rings. The van der Waals surface area contributed by atoms with E-state index in [2.05, 4.69) is 29.7 Å². The molecule has 0 atom stereocenters. The normalized spacial score (nSPS) is 10.7. The molecule has 0 radical (unpaired) electrons. The third-order valence-corrected chi connectivity index (χ3v) is 4.13. The Morgan fingerprint density at radius 3 is 2.25 bits per heavy atom. The van der Waals surface area contributed by atoms with Gasteiger partial charge < -0.3 is 5.32 Å². The van der Waals surface area contributed by atoms with Gasteiger partial charge in [-0.05, 0) is 73.7 Å². The third-order valence-electron chi connectivity index (χ3n) is 4.13. The predicted molar refractivity (Wildman–Crippen MR) is 96.2 cm³/mol. The highest BCUT2D eigenvalue weighted by Gasteiger charge is 2.12. The maximum absolute atomic E-state index is 11.8. The van der Waals surface area contributed by atoms with E-state index in [4.69, 9.17) is 0 Å². The second-order valence-corrected chi connectivity index (χ2v) is 5.68. The van der Waals surface area contributed by atoms with Crippen LogP contribution < -0.4 is 10.7 Å². The lowest BCUT2D eigenvalue weighted by Gasteiger charge is -2.11. The van der Waals surface area contributed by atoms with E-state index in [0.29, 0.717) is 5.69 Å². The van der Waals surface area contributed by atoms with Crippen LogP contribution in [0.2, 0.25) is 0 Å². The van der Waals surface area contributed by atoms with Crippen LogP contribution >= 0.6 is 0 Å². The SMILES string of the molecule is Cc1cc(/C=N\NC(=O)C(=O)Nc2ccccc2)c(C)c(C)c1C. The quantitative estimate of drug-likeness (QED) is 0.518. The van der Waals surface area contributed by atoms with E-state index in [1.807, 2.05) is 26.0 Å². The van der Waals surface area contributed by atoms with Gasteiger partial charge in [0.2, 0.25) is 0 Å². The molecule has 124 valence electrons. The summed E-state index contributed by atoms with van der Waals surface area (Å²) in [5.74, 6) is -1.57. The number of nitrogens with one attached hydrogen (secondary N) is 2. The standard InChI is InChI=1S/C19H21N3O2/c1-12-10-16(15(4)14(3)13(12)2)11-20-22-19(24)18(23)21-17-8-6-5-7-9-17/h5-11H,1-4H3,(H,21,23)(H,22,24)/b20-11-. The summed E-state index contributed by atoms with van der Waals surface area (Å²) in [6.45, 7) is 8.17. The molecule has 0 heterocycles. The van der Waals surface area contributed by atoms with Crippen molar-refractivity contribution in [1.29, 1.82) is 0 Å². The summed E-state index contributed by atoms with van der Waals surface area (Å²) in [7, 11) is 0. The zero-order valence-corrected chi connectivity index (χ0v) is 14.3. The lowest BCUT2D eigenvalue weighted by molar-refractivity contribution is -0.136. The molecular weight excluding hydrogens is 302 g/mol. The summed E-state index contributed by atoms with van der Waals surface area (Å²) in [6.07, 6.45) is 1.56. The summed E-state index contributed by atoms with van der Waals surface area (Å²) in [6, 6.07) is 10.8. The number of aryl methyl sites for hydroxylation is 1. The van der Waals surface area contributed by atoms with Crippen LogP contribution in [-0.2, 0) is 9.59 Å². The number of carbonyl (C=O) groups excluding carboxylic acids is 2. The molecule has 2 aromatic carbocycles. The number of anilines is 1. The minimum Gasteiger partial charge on any atom is -0.318 e. The first-order valence-electron chi connectivity index (χ1n) is 7.67. The van der Waals surface area contributed by atoms with Gasteiger partial charge in [0.1, 0.15) is 0 Å². The molecule has 24 heavy (non-hydrogen) atoms. The van der Waals surface area contributed by atoms with Crippen molar-refractivity contribution in [2.45, 2.75) is 27.7 Å². The second-order valence-electron chi connectivity index (χ2n) is 5.68. The summed E-state index contributed by atoms with van der Waals surface area (Å²) in [5.41, 5.74) is 8.43. The van der Waals surface area contributed by atoms with E-state index in [0.717, 1.165) is 16.7 Å². The van der Waals surface area contributed by atoms with Gasteiger partial charge in [0.15, 0.2) is 0 Å². The molecule has 2 N–H and O–H groups in total. The number of rotatable bonds is 3. The van der Waals surface area contributed by atoms with Gasteiger partial charge >= 0.3 is 11.8 Å². The number of para-hydroxylation sites is 1. The van der Waals surface area contributed by atoms with Crippen molar-refractivity contribution in [3.63, 3.8) is 0 Å². The highest BCUT2D eigenvalue weighted by Crippen LogP contribution is 2.19. The number of nitrogens with zero attached hydrogens (tertiary/aromatic N) is 1. The van der Waals surface area contributed by atoms with Gasteiger partial charge in [-0.1, -0.05) is 18.2 Å². The fraction of sp³-hybridized carbons (Fsp3) is 0.211. The Bertz CT molecular complexity index is 796. The van der Waals surface area contributed by atoms with Gasteiger partial charge in [-0.25, -0.2) is 5.43 Å². The molecule has 0 bridgehead atoms. The molecule has 0 aliphatic heterocycles. The molecule has 0 fully saturated rings. The fourth-order valence-electron chi connectivity index (χ4n) is 2.30. The molecule has 0 unspecified atom stereocenters. The Balaban J connectivity index is 2.01. The van der Waals surface area contributed by atoms with Gasteiger partial charge in [-0.2, -0.15) is 5.10 Å². The number of carbonyl (C=O) groups is 2. The summed E-state index contributed by atoms with van der Waals surface area (Å²) < 4.78 is 0. The van der Waals surface area contributed by atoms with Crippen molar-refractivity contribution >= 4 is 23.7 Å². The second kappa shape index (κ2) is 7.55.